The van der Waals surface area contributed by atoms with Gasteiger partial charge in [0, 0.05) is 40.8 Å². The summed E-state index contributed by atoms with van der Waals surface area (Å²) in [6.07, 6.45) is 4.95. The Hall–Kier alpha value is -3.74. The molecule has 0 saturated heterocycles. The van der Waals surface area contributed by atoms with Crippen LogP contribution in [0.1, 0.15) is 52.1 Å². The van der Waals surface area contributed by atoms with Gasteiger partial charge in [0.1, 0.15) is 0 Å². The van der Waals surface area contributed by atoms with Gasteiger partial charge in [-0.1, -0.05) is 24.3 Å². The lowest BCUT2D eigenvalue weighted by atomic mass is 9.90. The van der Waals surface area contributed by atoms with E-state index < -0.39 is 0 Å². The van der Waals surface area contributed by atoms with Crippen LogP contribution in [-0.4, -0.2) is 41.3 Å². The topological polar surface area (TPSA) is 92.0 Å². The van der Waals surface area contributed by atoms with E-state index in [9.17, 15) is 4.79 Å². The van der Waals surface area contributed by atoms with E-state index in [1.165, 1.54) is 0 Å². The van der Waals surface area contributed by atoms with Crippen LogP contribution >= 0.6 is 0 Å². The molecule has 4 aromatic rings. The SMILES string of the molecule is CCOc1ccc(C(CNC(=O)c2n[nH]c3c2CCC3)c2c[nH]c3ccccc23)cc1OC. The maximum absolute atomic E-state index is 13.1. The van der Waals surface area contributed by atoms with Crippen LogP contribution in [0.2, 0.25) is 0 Å². The fraction of sp³-hybridized carbons (Fsp3) is 0.308. The van der Waals surface area contributed by atoms with Crippen molar-refractivity contribution >= 4 is 16.8 Å². The number of aromatic amines is 2. The zero-order valence-electron chi connectivity index (χ0n) is 18.9. The van der Waals surface area contributed by atoms with E-state index in [0.717, 1.165) is 52.5 Å². The molecular formula is C26H28N4O3. The zero-order chi connectivity index (χ0) is 22.8. The summed E-state index contributed by atoms with van der Waals surface area (Å²) in [7, 11) is 1.64. The molecule has 33 heavy (non-hydrogen) atoms. The number of aryl methyl sites for hydroxylation is 1. The summed E-state index contributed by atoms with van der Waals surface area (Å²) in [5.74, 6) is 1.16. The van der Waals surface area contributed by atoms with Crippen molar-refractivity contribution in [2.45, 2.75) is 32.1 Å². The van der Waals surface area contributed by atoms with E-state index >= 15 is 0 Å². The third-order valence-corrected chi connectivity index (χ3v) is 6.37. The second-order valence-corrected chi connectivity index (χ2v) is 8.28. The van der Waals surface area contributed by atoms with Crippen LogP contribution in [0.25, 0.3) is 10.9 Å². The highest BCUT2D eigenvalue weighted by molar-refractivity contribution is 5.94. The Morgan fingerprint density at radius 3 is 2.91 bits per heavy atom. The Morgan fingerprint density at radius 1 is 1.18 bits per heavy atom. The first kappa shape index (κ1) is 21.1. The largest absolute Gasteiger partial charge is 0.493 e. The maximum Gasteiger partial charge on any atom is 0.272 e. The summed E-state index contributed by atoms with van der Waals surface area (Å²) in [6, 6.07) is 14.2. The van der Waals surface area contributed by atoms with Gasteiger partial charge in [0.25, 0.3) is 5.91 Å². The van der Waals surface area contributed by atoms with Crippen molar-refractivity contribution in [2.75, 3.05) is 20.3 Å². The maximum atomic E-state index is 13.1. The van der Waals surface area contributed by atoms with Crippen LogP contribution in [0.5, 0.6) is 11.5 Å². The minimum atomic E-state index is -0.142. The van der Waals surface area contributed by atoms with Gasteiger partial charge >= 0.3 is 0 Å². The predicted molar refractivity (Wildman–Crippen MR) is 127 cm³/mol. The van der Waals surface area contributed by atoms with E-state index in [1.54, 1.807) is 7.11 Å². The number of methoxy groups -OCH3 is 1. The molecule has 0 radical (unpaired) electrons. The van der Waals surface area contributed by atoms with E-state index in [1.807, 2.05) is 43.5 Å². The molecule has 2 aromatic carbocycles. The number of rotatable bonds is 8. The molecule has 1 atom stereocenters. The van der Waals surface area contributed by atoms with Crippen molar-refractivity contribution in [1.82, 2.24) is 20.5 Å². The van der Waals surface area contributed by atoms with Crippen LogP contribution in [0.3, 0.4) is 0 Å². The minimum absolute atomic E-state index is 0.0818. The van der Waals surface area contributed by atoms with Gasteiger partial charge in [-0.05, 0) is 55.5 Å². The zero-order valence-corrected chi connectivity index (χ0v) is 18.9. The van der Waals surface area contributed by atoms with E-state index in [4.69, 9.17) is 9.47 Å². The minimum Gasteiger partial charge on any atom is -0.493 e. The molecule has 2 heterocycles. The number of hydrogen-bond acceptors (Lipinski definition) is 4. The number of fused-ring (bicyclic) bond motifs is 2. The van der Waals surface area contributed by atoms with E-state index in [2.05, 4.69) is 32.6 Å². The van der Waals surface area contributed by atoms with Crippen molar-refractivity contribution in [3.63, 3.8) is 0 Å². The van der Waals surface area contributed by atoms with E-state index in [0.29, 0.717) is 30.3 Å². The molecule has 170 valence electrons. The molecule has 0 bridgehead atoms. The van der Waals surface area contributed by atoms with Gasteiger partial charge in [-0.2, -0.15) is 5.10 Å². The second-order valence-electron chi connectivity index (χ2n) is 8.28. The molecule has 3 N–H and O–H groups in total. The number of hydrogen-bond donors (Lipinski definition) is 3. The van der Waals surface area contributed by atoms with Crippen molar-refractivity contribution in [2.24, 2.45) is 0 Å². The number of H-pyrrole nitrogens is 2. The van der Waals surface area contributed by atoms with Gasteiger partial charge in [-0.3, -0.25) is 9.89 Å². The molecule has 1 amide bonds. The number of nitrogens with one attached hydrogen (secondary N) is 3. The lowest BCUT2D eigenvalue weighted by Gasteiger charge is -2.20. The number of ether oxygens (including phenoxy) is 2. The van der Waals surface area contributed by atoms with Gasteiger partial charge in [0.2, 0.25) is 0 Å². The standard InChI is InChI=1S/C26H28N4O3/c1-3-33-23-12-11-16(13-24(23)32-2)19(20-15-27-21-9-5-4-7-17(20)21)14-28-26(31)25-18-8-6-10-22(18)29-30-25/h4-5,7,9,11-13,15,19,27H,3,6,8,10,14H2,1-2H3,(H,28,31)(H,29,30). The summed E-state index contributed by atoms with van der Waals surface area (Å²) < 4.78 is 11.3. The third-order valence-electron chi connectivity index (χ3n) is 6.37. The highest BCUT2D eigenvalue weighted by atomic mass is 16.5. The quantitative estimate of drug-likeness (QED) is 0.377. The summed E-state index contributed by atoms with van der Waals surface area (Å²) in [5, 5.41) is 11.6. The summed E-state index contributed by atoms with van der Waals surface area (Å²) in [6.45, 7) is 2.94. The first-order valence-electron chi connectivity index (χ1n) is 11.4. The van der Waals surface area contributed by atoms with Crippen LogP contribution in [0.15, 0.2) is 48.7 Å². The first-order chi connectivity index (χ1) is 16.2. The Balaban J connectivity index is 1.48. The van der Waals surface area contributed by atoms with Gasteiger partial charge < -0.3 is 19.8 Å². The Bertz CT molecular complexity index is 1290. The fourth-order valence-corrected chi connectivity index (χ4v) is 4.75. The number of aromatic nitrogens is 3. The van der Waals surface area contributed by atoms with Crippen molar-refractivity contribution < 1.29 is 14.3 Å². The molecule has 1 aliphatic rings. The number of amides is 1. The number of para-hydroxylation sites is 1. The number of benzene rings is 2. The monoisotopic (exact) mass is 444 g/mol. The number of carbonyl (C=O) groups is 1. The summed E-state index contributed by atoms with van der Waals surface area (Å²) in [4.78, 5) is 16.4. The lowest BCUT2D eigenvalue weighted by molar-refractivity contribution is 0.0946. The lowest BCUT2D eigenvalue weighted by Crippen LogP contribution is -2.29. The smallest absolute Gasteiger partial charge is 0.272 e. The molecule has 0 fully saturated rings. The molecule has 1 unspecified atom stereocenters. The normalized spacial score (nSPS) is 13.6. The van der Waals surface area contributed by atoms with Crippen molar-refractivity contribution in [3.05, 3.63) is 76.7 Å². The highest BCUT2D eigenvalue weighted by Gasteiger charge is 2.25. The molecular weight excluding hydrogens is 416 g/mol. The average molecular weight is 445 g/mol. The Kier molecular flexibility index (Phi) is 5.77. The summed E-state index contributed by atoms with van der Waals surface area (Å²) >= 11 is 0. The molecule has 2 aromatic heterocycles. The van der Waals surface area contributed by atoms with Crippen molar-refractivity contribution in [3.8, 4) is 11.5 Å². The average Bonchev–Trinajstić information content (AvgIpc) is 3.56. The highest BCUT2D eigenvalue weighted by Crippen LogP contribution is 2.36. The molecule has 7 heteroatoms. The molecule has 0 spiro atoms. The second kappa shape index (κ2) is 9.02. The molecule has 0 aliphatic heterocycles. The van der Waals surface area contributed by atoms with Crippen LogP contribution in [0, 0.1) is 0 Å². The Labute approximate surface area is 192 Å². The number of nitrogens with zero attached hydrogens (tertiary/aromatic N) is 1. The van der Waals surface area contributed by atoms with Gasteiger partial charge in [0.15, 0.2) is 17.2 Å². The van der Waals surface area contributed by atoms with Gasteiger partial charge in [0.05, 0.1) is 13.7 Å². The van der Waals surface area contributed by atoms with Crippen molar-refractivity contribution in [1.29, 1.82) is 0 Å². The molecule has 1 aliphatic carbocycles. The molecule has 5 rings (SSSR count). The number of carbonyl (C=O) groups excluding carboxylic acids is 1. The third kappa shape index (κ3) is 3.95. The molecule has 0 saturated carbocycles. The van der Waals surface area contributed by atoms with Gasteiger partial charge in [-0.25, -0.2) is 0 Å². The predicted octanol–water partition coefficient (Wildman–Crippen LogP) is 4.35. The Morgan fingerprint density at radius 2 is 2.06 bits per heavy atom. The molecule has 7 nitrogen and oxygen atoms in total. The van der Waals surface area contributed by atoms with E-state index in [-0.39, 0.29) is 11.8 Å². The summed E-state index contributed by atoms with van der Waals surface area (Å²) in [5.41, 5.74) is 5.87. The van der Waals surface area contributed by atoms with Crippen LogP contribution in [-0.2, 0) is 12.8 Å². The van der Waals surface area contributed by atoms with Gasteiger partial charge in [-0.15, -0.1) is 0 Å². The van der Waals surface area contributed by atoms with Crippen LogP contribution in [0.4, 0.5) is 0 Å². The fourth-order valence-electron chi connectivity index (χ4n) is 4.75. The van der Waals surface area contributed by atoms with Crippen LogP contribution < -0.4 is 14.8 Å². The first-order valence-corrected chi connectivity index (χ1v) is 11.4.